The molecule has 122 valence electrons. The molecule has 0 aliphatic carbocycles. The fourth-order valence-corrected chi connectivity index (χ4v) is 4.76. The summed E-state index contributed by atoms with van der Waals surface area (Å²) in [5.41, 5.74) is 3.97. The second-order valence-corrected chi connectivity index (χ2v) is 11.5. The molecule has 0 spiro atoms. The first-order valence-corrected chi connectivity index (χ1v) is 8.97. The molecule has 1 heterocycles. The van der Waals surface area contributed by atoms with Crippen LogP contribution < -0.4 is 0 Å². The van der Waals surface area contributed by atoms with Crippen molar-refractivity contribution in [1.29, 1.82) is 0 Å². The lowest BCUT2D eigenvalue weighted by atomic mass is 9.70. The van der Waals surface area contributed by atoms with Gasteiger partial charge in [-0.15, -0.1) is 11.3 Å². The van der Waals surface area contributed by atoms with E-state index in [4.69, 9.17) is 0 Å². The van der Waals surface area contributed by atoms with Gasteiger partial charge in [0.05, 0.1) is 0 Å². The molecule has 21 heavy (non-hydrogen) atoms. The molecule has 0 N–H and O–H groups in total. The maximum absolute atomic E-state index is 2.37. The van der Waals surface area contributed by atoms with Gasteiger partial charge < -0.3 is 0 Å². The van der Waals surface area contributed by atoms with Crippen LogP contribution in [0.5, 0.6) is 0 Å². The van der Waals surface area contributed by atoms with Gasteiger partial charge in [-0.25, -0.2) is 0 Å². The lowest BCUT2D eigenvalue weighted by molar-refractivity contribution is 0.494. The Hall–Kier alpha value is -0.300. The van der Waals surface area contributed by atoms with Gasteiger partial charge in [0.15, 0.2) is 0 Å². The summed E-state index contributed by atoms with van der Waals surface area (Å²) >= 11 is 2.05. The molecule has 1 aromatic rings. The third-order valence-electron chi connectivity index (χ3n) is 3.77. The van der Waals surface area contributed by atoms with Crippen molar-refractivity contribution in [2.75, 3.05) is 0 Å². The second kappa shape index (κ2) is 5.11. The monoisotopic (exact) mass is 308 g/mol. The van der Waals surface area contributed by atoms with Crippen molar-refractivity contribution in [2.24, 2.45) is 0 Å². The van der Waals surface area contributed by atoms with Gasteiger partial charge in [-0.2, -0.15) is 0 Å². The average Bonchev–Trinajstić information content (AvgIpc) is 2.52. The largest absolute Gasteiger partial charge is 0.144 e. The molecular weight excluding hydrogens is 272 g/mol. The first kappa shape index (κ1) is 18.7. The summed E-state index contributed by atoms with van der Waals surface area (Å²) in [6.45, 7) is 28.3. The summed E-state index contributed by atoms with van der Waals surface area (Å²) < 4.78 is 0. The molecule has 0 nitrogen and oxygen atoms in total. The Morgan fingerprint density at radius 2 is 0.667 bits per heavy atom. The van der Waals surface area contributed by atoms with Crippen molar-refractivity contribution in [3.63, 3.8) is 0 Å². The first-order chi connectivity index (χ1) is 8.97. The highest BCUT2D eigenvalue weighted by Crippen LogP contribution is 2.50. The Morgan fingerprint density at radius 3 is 0.810 bits per heavy atom. The first-order valence-electron chi connectivity index (χ1n) is 8.16. The van der Waals surface area contributed by atoms with Crippen LogP contribution in [0.4, 0.5) is 0 Å². The predicted octanol–water partition coefficient (Wildman–Crippen LogP) is 6.94. The van der Waals surface area contributed by atoms with Crippen molar-refractivity contribution in [1.82, 2.24) is 0 Å². The van der Waals surface area contributed by atoms with E-state index in [1.165, 1.54) is 0 Å². The highest BCUT2D eigenvalue weighted by atomic mass is 32.1. The van der Waals surface area contributed by atoms with Crippen LogP contribution in [0.15, 0.2) is 0 Å². The normalized spacial score (nSPS) is 14.7. The standard InChI is InChI=1S/C20H36S/c1-17(2,3)13-14(18(4,5)6)16(20(10,11)12)21-15(13)19(7,8)9/h1-12H3. The van der Waals surface area contributed by atoms with Crippen LogP contribution in [0.1, 0.15) is 104 Å². The molecule has 0 aliphatic heterocycles. The van der Waals surface area contributed by atoms with Crippen molar-refractivity contribution in [3.8, 4) is 0 Å². The summed E-state index contributed by atoms with van der Waals surface area (Å²) in [5, 5.41) is 0. The van der Waals surface area contributed by atoms with Gasteiger partial charge in [0, 0.05) is 9.75 Å². The third kappa shape index (κ3) is 3.92. The minimum atomic E-state index is 0.186. The van der Waals surface area contributed by atoms with Crippen LogP contribution >= 0.6 is 11.3 Å². The van der Waals surface area contributed by atoms with Gasteiger partial charge in [-0.05, 0) is 32.8 Å². The molecule has 0 bridgehead atoms. The van der Waals surface area contributed by atoms with Gasteiger partial charge in [0.1, 0.15) is 0 Å². The Labute approximate surface area is 137 Å². The molecule has 0 saturated carbocycles. The maximum atomic E-state index is 2.37. The van der Waals surface area contributed by atoms with Crippen LogP contribution in [-0.4, -0.2) is 0 Å². The van der Waals surface area contributed by atoms with E-state index in [-0.39, 0.29) is 21.7 Å². The fourth-order valence-electron chi connectivity index (χ4n) is 2.92. The average molecular weight is 309 g/mol. The molecule has 1 rings (SSSR count). The molecule has 1 aromatic heterocycles. The SMILES string of the molecule is CC(C)(C)c1sc(C(C)(C)C)c(C(C)(C)C)c1C(C)(C)C. The van der Waals surface area contributed by atoms with Gasteiger partial charge >= 0.3 is 0 Å². The molecule has 0 aliphatic rings. The minimum absolute atomic E-state index is 0.186. The number of hydrogen-bond acceptors (Lipinski definition) is 1. The Balaban J connectivity index is 3.93. The summed E-state index contributed by atoms with van der Waals surface area (Å²) in [4.78, 5) is 3.15. The van der Waals surface area contributed by atoms with Crippen LogP contribution in [0.25, 0.3) is 0 Å². The number of hydrogen-bond donors (Lipinski definition) is 0. The third-order valence-corrected chi connectivity index (χ3v) is 5.81. The molecule has 0 saturated heterocycles. The van der Waals surface area contributed by atoms with Crippen LogP contribution in [0, 0.1) is 0 Å². The van der Waals surface area contributed by atoms with E-state index in [1.807, 2.05) is 0 Å². The van der Waals surface area contributed by atoms with E-state index in [9.17, 15) is 0 Å². The van der Waals surface area contributed by atoms with E-state index in [0.717, 1.165) is 0 Å². The van der Waals surface area contributed by atoms with Crippen molar-refractivity contribution in [2.45, 2.75) is 105 Å². The molecular formula is C20H36S. The molecule has 0 atom stereocenters. The summed E-state index contributed by atoms with van der Waals surface area (Å²) in [6, 6.07) is 0. The lowest BCUT2D eigenvalue weighted by Crippen LogP contribution is -2.26. The van der Waals surface area contributed by atoms with Crippen LogP contribution in [-0.2, 0) is 21.7 Å². The smallest absolute Gasteiger partial charge is 0.0142 e. The molecule has 0 aromatic carbocycles. The van der Waals surface area contributed by atoms with E-state index in [2.05, 4.69) is 94.4 Å². The Morgan fingerprint density at radius 1 is 0.429 bits per heavy atom. The minimum Gasteiger partial charge on any atom is -0.144 e. The van der Waals surface area contributed by atoms with Gasteiger partial charge in [0.25, 0.3) is 0 Å². The highest BCUT2D eigenvalue weighted by Gasteiger charge is 2.38. The van der Waals surface area contributed by atoms with Crippen molar-refractivity contribution in [3.05, 3.63) is 20.9 Å². The Bertz CT molecular complexity index is 456. The molecule has 0 amide bonds. The van der Waals surface area contributed by atoms with E-state index < -0.39 is 0 Å². The fraction of sp³-hybridized carbons (Fsp3) is 0.800. The summed E-state index contributed by atoms with van der Waals surface area (Å²) in [5.74, 6) is 0. The van der Waals surface area contributed by atoms with E-state index in [1.54, 1.807) is 20.9 Å². The number of rotatable bonds is 0. The lowest BCUT2D eigenvalue weighted by Gasteiger charge is -2.33. The van der Waals surface area contributed by atoms with Crippen LogP contribution in [0.2, 0.25) is 0 Å². The number of thiophene rings is 1. The zero-order valence-corrected chi connectivity index (χ0v) is 17.2. The van der Waals surface area contributed by atoms with E-state index >= 15 is 0 Å². The Kier molecular flexibility index (Phi) is 4.57. The zero-order chi connectivity index (χ0) is 17.0. The quantitative estimate of drug-likeness (QED) is 0.487. The summed E-state index contributed by atoms with van der Waals surface area (Å²) in [7, 11) is 0. The molecule has 0 fully saturated rings. The zero-order valence-electron chi connectivity index (χ0n) is 16.4. The van der Waals surface area contributed by atoms with Gasteiger partial charge in [0.2, 0.25) is 0 Å². The molecule has 1 heteroatoms. The predicted molar refractivity (Wildman–Crippen MR) is 99.1 cm³/mol. The topological polar surface area (TPSA) is 0 Å². The molecule has 0 unspecified atom stereocenters. The van der Waals surface area contributed by atoms with Crippen molar-refractivity contribution >= 4 is 11.3 Å². The second-order valence-electron chi connectivity index (χ2n) is 10.5. The van der Waals surface area contributed by atoms with Crippen LogP contribution in [0.3, 0.4) is 0 Å². The highest BCUT2D eigenvalue weighted by molar-refractivity contribution is 7.12. The van der Waals surface area contributed by atoms with Crippen molar-refractivity contribution < 1.29 is 0 Å². The maximum Gasteiger partial charge on any atom is 0.0142 e. The van der Waals surface area contributed by atoms with Gasteiger partial charge in [-0.3, -0.25) is 0 Å². The summed E-state index contributed by atoms with van der Waals surface area (Å²) in [6.07, 6.45) is 0. The van der Waals surface area contributed by atoms with E-state index in [0.29, 0.717) is 0 Å². The molecule has 0 radical (unpaired) electrons. The van der Waals surface area contributed by atoms with Gasteiger partial charge in [-0.1, -0.05) is 83.1 Å².